The normalized spacial score (nSPS) is 18.5. The van der Waals surface area contributed by atoms with E-state index in [0.29, 0.717) is 18.8 Å². The molecule has 0 radical (unpaired) electrons. The second-order valence-corrected chi connectivity index (χ2v) is 8.71. The smallest absolute Gasteiger partial charge is 0.223 e. The molecular formula is C25H26FN5O. The number of benzene rings is 2. The third kappa shape index (κ3) is 4.15. The third-order valence-electron chi connectivity index (χ3n) is 6.43. The predicted octanol–water partition coefficient (Wildman–Crippen LogP) is 4.44. The molecule has 6 nitrogen and oxygen atoms in total. The first kappa shape index (κ1) is 20.4. The summed E-state index contributed by atoms with van der Waals surface area (Å²) in [6.45, 7) is 3.66. The Morgan fingerprint density at radius 1 is 1.16 bits per heavy atom. The maximum absolute atomic E-state index is 13.1. The van der Waals surface area contributed by atoms with E-state index < -0.39 is 0 Å². The van der Waals surface area contributed by atoms with Gasteiger partial charge in [0, 0.05) is 42.7 Å². The van der Waals surface area contributed by atoms with Gasteiger partial charge >= 0.3 is 0 Å². The number of amides is 1. The Morgan fingerprint density at radius 3 is 2.78 bits per heavy atom. The molecule has 0 bridgehead atoms. The van der Waals surface area contributed by atoms with E-state index in [1.165, 1.54) is 12.1 Å². The van der Waals surface area contributed by atoms with E-state index in [0.717, 1.165) is 47.1 Å². The SMILES string of the molecule is C[C@H]1CC(Cn2ncc3cc(-c4cn[nH]c4)ccc32)CN1C(=O)CCc1ccc(F)cc1. The lowest BCUT2D eigenvalue weighted by Gasteiger charge is -2.21. The van der Waals surface area contributed by atoms with Crippen LogP contribution in [0.15, 0.2) is 61.1 Å². The molecule has 1 N–H and O–H groups in total. The van der Waals surface area contributed by atoms with Crippen LogP contribution in [0.25, 0.3) is 22.0 Å². The number of hydrogen-bond donors (Lipinski definition) is 1. The van der Waals surface area contributed by atoms with Crippen LogP contribution in [0, 0.1) is 11.7 Å². The summed E-state index contributed by atoms with van der Waals surface area (Å²) in [4.78, 5) is 14.8. The molecule has 2 aromatic heterocycles. The molecular weight excluding hydrogens is 405 g/mol. The maximum Gasteiger partial charge on any atom is 0.223 e. The minimum absolute atomic E-state index is 0.166. The van der Waals surface area contributed by atoms with Crippen molar-refractivity contribution in [2.24, 2.45) is 5.92 Å². The van der Waals surface area contributed by atoms with Gasteiger partial charge in [-0.15, -0.1) is 0 Å². The van der Waals surface area contributed by atoms with Crippen molar-refractivity contribution in [1.82, 2.24) is 24.9 Å². The Balaban J connectivity index is 1.22. The summed E-state index contributed by atoms with van der Waals surface area (Å²) in [5.41, 5.74) is 4.25. The van der Waals surface area contributed by atoms with Gasteiger partial charge in [0.25, 0.3) is 0 Å². The molecule has 164 valence electrons. The van der Waals surface area contributed by atoms with Crippen LogP contribution in [-0.2, 0) is 17.8 Å². The van der Waals surface area contributed by atoms with Gasteiger partial charge in [-0.05, 0) is 61.1 Å². The largest absolute Gasteiger partial charge is 0.340 e. The first-order valence-electron chi connectivity index (χ1n) is 11.1. The van der Waals surface area contributed by atoms with Crippen molar-refractivity contribution >= 4 is 16.8 Å². The monoisotopic (exact) mass is 431 g/mol. The van der Waals surface area contributed by atoms with Crippen LogP contribution in [0.2, 0.25) is 0 Å². The number of carbonyl (C=O) groups is 1. The summed E-state index contributed by atoms with van der Waals surface area (Å²) in [5, 5.41) is 12.6. The van der Waals surface area contributed by atoms with Crippen LogP contribution >= 0.6 is 0 Å². The van der Waals surface area contributed by atoms with Crippen molar-refractivity contribution < 1.29 is 9.18 Å². The van der Waals surface area contributed by atoms with Crippen molar-refractivity contribution in [2.75, 3.05) is 6.54 Å². The predicted molar refractivity (Wildman–Crippen MR) is 121 cm³/mol. The number of aromatic nitrogens is 4. The van der Waals surface area contributed by atoms with E-state index in [2.05, 4.69) is 45.1 Å². The Bertz CT molecular complexity index is 1220. The van der Waals surface area contributed by atoms with Gasteiger partial charge in [-0.25, -0.2) is 4.39 Å². The summed E-state index contributed by atoms with van der Waals surface area (Å²) in [7, 11) is 0. The number of nitrogens with zero attached hydrogens (tertiary/aromatic N) is 4. The molecule has 2 aromatic carbocycles. The lowest BCUT2D eigenvalue weighted by Crippen LogP contribution is -2.34. The average Bonchev–Trinajstić information content (AvgIpc) is 3.54. The molecule has 1 unspecified atom stereocenters. The van der Waals surface area contributed by atoms with Gasteiger partial charge in [0.15, 0.2) is 0 Å². The molecule has 0 spiro atoms. The van der Waals surface area contributed by atoms with Gasteiger partial charge in [-0.3, -0.25) is 14.6 Å². The van der Waals surface area contributed by atoms with Crippen molar-refractivity contribution in [3.8, 4) is 11.1 Å². The number of rotatable bonds is 6. The van der Waals surface area contributed by atoms with Gasteiger partial charge in [0.2, 0.25) is 5.91 Å². The van der Waals surface area contributed by atoms with Gasteiger partial charge in [0.1, 0.15) is 5.82 Å². The minimum atomic E-state index is -0.250. The number of halogens is 1. The van der Waals surface area contributed by atoms with Gasteiger partial charge < -0.3 is 4.90 Å². The Morgan fingerprint density at radius 2 is 2.00 bits per heavy atom. The molecule has 3 heterocycles. The summed E-state index contributed by atoms with van der Waals surface area (Å²) < 4.78 is 15.1. The van der Waals surface area contributed by atoms with E-state index in [9.17, 15) is 9.18 Å². The molecule has 7 heteroatoms. The van der Waals surface area contributed by atoms with Crippen LogP contribution in [0.4, 0.5) is 4.39 Å². The van der Waals surface area contributed by atoms with Crippen LogP contribution in [0.3, 0.4) is 0 Å². The second kappa shape index (κ2) is 8.57. The summed E-state index contributed by atoms with van der Waals surface area (Å²) in [5.74, 6) is 0.288. The van der Waals surface area contributed by atoms with Crippen LogP contribution in [-0.4, -0.2) is 43.4 Å². The van der Waals surface area contributed by atoms with Crippen LogP contribution in [0.5, 0.6) is 0 Å². The first-order chi connectivity index (χ1) is 15.6. The molecule has 1 amide bonds. The molecule has 2 atom stereocenters. The summed E-state index contributed by atoms with van der Waals surface area (Å²) in [6.07, 6.45) is 7.65. The molecule has 1 aliphatic rings. The highest BCUT2D eigenvalue weighted by Gasteiger charge is 2.32. The molecule has 1 fully saturated rings. The number of fused-ring (bicyclic) bond motifs is 1. The number of aromatic amines is 1. The molecule has 0 saturated carbocycles. The molecule has 0 aliphatic carbocycles. The Kier molecular flexibility index (Phi) is 5.47. The standard InChI is InChI=1S/C25H26FN5O/c1-17-10-19(15-30(17)25(32)9-4-18-2-6-23(26)7-3-18)16-31-24-8-5-20(11-21(24)14-29-31)22-12-27-28-13-22/h2-3,5-8,11-14,17,19H,4,9-10,15-16H2,1H3,(H,27,28)/t17-,19?/m0/s1. The third-order valence-corrected chi connectivity index (χ3v) is 6.43. The molecule has 1 aliphatic heterocycles. The zero-order valence-corrected chi connectivity index (χ0v) is 18.0. The summed E-state index contributed by atoms with van der Waals surface area (Å²) >= 11 is 0. The summed E-state index contributed by atoms with van der Waals surface area (Å²) in [6, 6.07) is 12.9. The average molecular weight is 432 g/mol. The highest BCUT2D eigenvalue weighted by atomic mass is 19.1. The Hall–Kier alpha value is -3.48. The van der Waals surface area contributed by atoms with Crippen LogP contribution in [0.1, 0.15) is 25.3 Å². The van der Waals surface area contributed by atoms with E-state index in [1.807, 2.05) is 23.5 Å². The van der Waals surface area contributed by atoms with E-state index in [1.54, 1.807) is 12.1 Å². The fourth-order valence-electron chi connectivity index (χ4n) is 4.73. The second-order valence-electron chi connectivity index (χ2n) is 8.71. The number of aryl methyl sites for hydroxylation is 1. The number of likely N-dealkylation sites (tertiary alicyclic amines) is 1. The minimum Gasteiger partial charge on any atom is -0.340 e. The topological polar surface area (TPSA) is 66.8 Å². The van der Waals surface area contributed by atoms with Crippen LogP contribution < -0.4 is 0 Å². The number of carbonyl (C=O) groups excluding carboxylic acids is 1. The number of H-pyrrole nitrogens is 1. The highest BCUT2D eigenvalue weighted by Crippen LogP contribution is 2.28. The number of nitrogens with one attached hydrogen (secondary N) is 1. The molecule has 4 aromatic rings. The lowest BCUT2D eigenvalue weighted by molar-refractivity contribution is -0.131. The van der Waals surface area contributed by atoms with E-state index >= 15 is 0 Å². The van der Waals surface area contributed by atoms with Gasteiger partial charge in [-0.2, -0.15) is 10.2 Å². The van der Waals surface area contributed by atoms with Crippen molar-refractivity contribution in [3.05, 3.63) is 72.4 Å². The molecule has 5 rings (SSSR count). The maximum atomic E-state index is 13.1. The van der Waals surface area contributed by atoms with Gasteiger partial charge in [0.05, 0.1) is 17.9 Å². The first-order valence-corrected chi connectivity index (χ1v) is 11.1. The Labute approximate surface area is 186 Å². The van der Waals surface area contributed by atoms with E-state index in [4.69, 9.17) is 0 Å². The van der Waals surface area contributed by atoms with Crippen molar-refractivity contribution in [1.29, 1.82) is 0 Å². The molecule has 32 heavy (non-hydrogen) atoms. The lowest BCUT2D eigenvalue weighted by atomic mass is 10.1. The fraction of sp³-hybridized carbons (Fsp3) is 0.320. The highest BCUT2D eigenvalue weighted by molar-refractivity contribution is 5.84. The quantitative estimate of drug-likeness (QED) is 0.491. The van der Waals surface area contributed by atoms with E-state index in [-0.39, 0.29) is 17.8 Å². The fourth-order valence-corrected chi connectivity index (χ4v) is 4.73. The zero-order chi connectivity index (χ0) is 22.1. The molecule has 1 saturated heterocycles. The van der Waals surface area contributed by atoms with Crippen molar-refractivity contribution in [2.45, 2.75) is 38.8 Å². The number of hydrogen-bond acceptors (Lipinski definition) is 3. The van der Waals surface area contributed by atoms with Gasteiger partial charge in [-0.1, -0.05) is 18.2 Å². The van der Waals surface area contributed by atoms with Crippen molar-refractivity contribution in [3.63, 3.8) is 0 Å². The zero-order valence-electron chi connectivity index (χ0n) is 18.0.